The number of cyclic esters (lactones) is 1. The summed E-state index contributed by atoms with van der Waals surface area (Å²) in [4.78, 5) is 43.6. The van der Waals surface area contributed by atoms with Crippen LogP contribution in [-0.4, -0.2) is 33.3 Å². The van der Waals surface area contributed by atoms with Crippen LogP contribution in [0.3, 0.4) is 0 Å². The summed E-state index contributed by atoms with van der Waals surface area (Å²) in [6, 6.07) is 7.10. The minimum absolute atomic E-state index is 0.0898. The molecule has 0 saturated carbocycles. The van der Waals surface area contributed by atoms with Gasteiger partial charge in [-0.3, -0.25) is 4.79 Å². The summed E-state index contributed by atoms with van der Waals surface area (Å²) >= 11 is 0. The van der Waals surface area contributed by atoms with Crippen LogP contribution in [-0.2, 0) is 34.7 Å². The third-order valence-electron chi connectivity index (χ3n) is 9.99. The monoisotopic (exact) mass is 683 g/mol. The average molecular weight is 684 g/mol. The lowest BCUT2D eigenvalue weighted by Crippen LogP contribution is -2.44. The highest BCUT2D eigenvalue weighted by molar-refractivity contribution is 5.90. The first kappa shape index (κ1) is 37.0. The predicted molar refractivity (Wildman–Crippen MR) is 197 cm³/mol. The van der Waals surface area contributed by atoms with E-state index in [1.54, 1.807) is 23.6 Å². The van der Waals surface area contributed by atoms with E-state index < -0.39 is 17.7 Å². The molecule has 0 saturated heterocycles. The molecule has 0 aliphatic carbocycles. The number of benzene rings is 1. The van der Waals surface area contributed by atoms with Crippen LogP contribution in [0, 0.1) is 0 Å². The van der Waals surface area contributed by atoms with Gasteiger partial charge < -0.3 is 24.5 Å². The van der Waals surface area contributed by atoms with Gasteiger partial charge in [-0.15, -0.1) is 0 Å². The number of allylic oxidation sites excluding steroid dienone is 4. The molecule has 2 aromatic heterocycles. The van der Waals surface area contributed by atoms with Crippen LogP contribution in [0.1, 0.15) is 126 Å². The number of unbranched alkanes of at least 4 members (excludes halogenated alkanes) is 9. The fourth-order valence-corrected chi connectivity index (χ4v) is 7.05. The van der Waals surface area contributed by atoms with E-state index in [9.17, 15) is 19.5 Å². The van der Waals surface area contributed by atoms with E-state index in [0.29, 0.717) is 53.3 Å². The molecule has 0 bridgehead atoms. The third kappa shape index (κ3) is 8.37. The molecule has 4 heterocycles. The minimum atomic E-state index is -1.87. The number of ether oxygens (including phenoxy) is 2. The topological polar surface area (TPSA) is 120 Å². The van der Waals surface area contributed by atoms with Crippen molar-refractivity contribution < 1.29 is 24.2 Å². The Bertz CT molecular complexity index is 1790. The zero-order valence-corrected chi connectivity index (χ0v) is 30.0. The Morgan fingerprint density at radius 3 is 2.40 bits per heavy atom. The van der Waals surface area contributed by atoms with Crippen molar-refractivity contribution in [3.8, 4) is 17.1 Å². The van der Waals surface area contributed by atoms with E-state index in [4.69, 9.17) is 14.5 Å². The largest absolute Gasteiger partial charge is 0.458 e. The maximum atomic E-state index is 13.6. The smallest absolute Gasteiger partial charge is 0.412 e. The molecule has 1 atom stereocenters. The first-order valence-electron chi connectivity index (χ1n) is 18.7. The highest BCUT2D eigenvalue weighted by Crippen LogP contribution is 2.40. The molecular weight excluding hydrogens is 630 g/mol. The summed E-state index contributed by atoms with van der Waals surface area (Å²) in [6.07, 6.45) is 23.5. The van der Waals surface area contributed by atoms with Gasteiger partial charge in [0.2, 0.25) is 0 Å². The van der Waals surface area contributed by atoms with E-state index in [-0.39, 0.29) is 18.6 Å². The number of esters is 1. The molecule has 2 N–H and O–H groups in total. The summed E-state index contributed by atoms with van der Waals surface area (Å²) in [5.74, 6) is -0.316. The number of carbonyl (C=O) groups is 2. The number of hydrogen-bond acceptors (Lipinski definition) is 7. The second-order valence-electron chi connectivity index (χ2n) is 13.5. The Morgan fingerprint density at radius 1 is 0.960 bits per heavy atom. The molecule has 9 nitrogen and oxygen atoms in total. The van der Waals surface area contributed by atoms with Crippen molar-refractivity contribution in [3.63, 3.8) is 0 Å². The standard InChI is InChI=1S/C41H53N3O6/c1-4-7-8-9-10-11-12-13-14-15-16-17-18-19-20-21-24-42-40(47)50-29-22-23-35-31(25-29)30(5-2)32-27-44-36(37(32)43-35)26-34-33(38(44)45)28-49-39(46)41(34,48)6-3/h10-11,13-14,22-23,25-26,48H,4-9,12,15-21,24,27-28H2,1-3H3,(H,42,47)/b11-10-,14-13-/t41-/m0/s1. The van der Waals surface area contributed by atoms with Crippen LogP contribution in [0.15, 0.2) is 53.4 Å². The number of hydrogen-bond donors (Lipinski definition) is 2. The number of nitrogens with zero attached hydrogens (tertiary/aromatic N) is 2. The summed E-state index contributed by atoms with van der Waals surface area (Å²) < 4.78 is 12.5. The van der Waals surface area contributed by atoms with Crippen molar-refractivity contribution >= 4 is 23.0 Å². The maximum absolute atomic E-state index is 13.6. The van der Waals surface area contributed by atoms with Gasteiger partial charge in [-0.05, 0) is 81.2 Å². The van der Waals surface area contributed by atoms with Crippen molar-refractivity contribution in [1.29, 1.82) is 0 Å². The van der Waals surface area contributed by atoms with Crippen molar-refractivity contribution in [1.82, 2.24) is 14.9 Å². The van der Waals surface area contributed by atoms with Crippen molar-refractivity contribution in [2.45, 2.75) is 129 Å². The van der Waals surface area contributed by atoms with Gasteiger partial charge in [0.1, 0.15) is 12.4 Å². The second-order valence-corrected chi connectivity index (χ2v) is 13.5. The lowest BCUT2D eigenvalue weighted by atomic mass is 9.86. The van der Waals surface area contributed by atoms with Crippen LogP contribution in [0.2, 0.25) is 0 Å². The fourth-order valence-electron chi connectivity index (χ4n) is 7.05. The molecular formula is C41H53N3O6. The number of fused-ring (bicyclic) bond motifs is 5. The first-order valence-corrected chi connectivity index (χ1v) is 18.7. The normalized spacial score (nSPS) is 16.5. The Labute approximate surface area is 295 Å². The lowest BCUT2D eigenvalue weighted by Gasteiger charge is -2.31. The van der Waals surface area contributed by atoms with E-state index in [1.165, 1.54) is 44.9 Å². The molecule has 50 heavy (non-hydrogen) atoms. The van der Waals surface area contributed by atoms with E-state index in [1.807, 2.05) is 19.1 Å². The number of aliphatic hydroxyl groups is 1. The zero-order valence-electron chi connectivity index (χ0n) is 30.0. The van der Waals surface area contributed by atoms with Gasteiger partial charge in [-0.2, -0.15) is 0 Å². The Balaban J connectivity index is 1.10. The highest BCUT2D eigenvalue weighted by Gasteiger charge is 2.45. The predicted octanol–water partition coefficient (Wildman–Crippen LogP) is 8.54. The first-order chi connectivity index (χ1) is 24.3. The number of aryl methyl sites for hydroxylation is 1. The molecule has 2 aliphatic heterocycles. The molecule has 3 aromatic rings. The average Bonchev–Trinajstić information content (AvgIpc) is 3.48. The van der Waals surface area contributed by atoms with Crippen LogP contribution >= 0.6 is 0 Å². The van der Waals surface area contributed by atoms with Crippen LogP contribution in [0.25, 0.3) is 22.3 Å². The fraction of sp³-hybridized carbons (Fsp3) is 0.512. The van der Waals surface area contributed by atoms with Crippen molar-refractivity contribution in [2.75, 3.05) is 6.54 Å². The highest BCUT2D eigenvalue weighted by atomic mass is 16.6. The van der Waals surface area contributed by atoms with E-state index in [2.05, 4.69) is 36.5 Å². The summed E-state index contributed by atoms with van der Waals surface area (Å²) in [5, 5.41) is 14.9. The van der Waals surface area contributed by atoms with Crippen LogP contribution in [0.5, 0.6) is 5.75 Å². The van der Waals surface area contributed by atoms with Gasteiger partial charge in [-0.25, -0.2) is 14.6 Å². The molecule has 2 aliphatic rings. The molecule has 9 heteroatoms. The quantitative estimate of drug-likeness (QED) is 0.0613. The Morgan fingerprint density at radius 2 is 1.68 bits per heavy atom. The van der Waals surface area contributed by atoms with E-state index in [0.717, 1.165) is 48.6 Å². The van der Waals surface area contributed by atoms with Crippen molar-refractivity contribution in [2.24, 2.45) is 0 Å². The number of aromatic nitrogens is 2. The van der Waals surface area contributed by atoms with Gasteiger partial charge in [-0.1, -0.05) is 83.6 Å². The number of nitrogens with one attached hydrogen (secondary N) is 1. The second kappa shape index (κ2) is 17.6. The lowest BCUT2D eigenvalue weighted by molar-refractivity contribution is -0.172. The molecule has 268 valence electrons. The Kier molecular flexibility index (Phi) is 13.0. The van der Waals surface area contributed by atoms with E-state index >= 15 is 0 Å². The van der Waals surface area contributed by atoms with Crippen LogP contribution < -0.4 is 15.6 Å². The third-order valence-corrected chi connectivity index (χ3v) is 9.99. The number of rotatable bonds is 18. The summed E-state index contributed by atoms with van der Waals surface area (Å²) in [7, 11) is 0. The van der Waals surface area contributed by atoms with Gasteiger partial charge in [0.15, 0.2) is 5.60 Å². The zero-order chi connectivity index (χ0) is 35.5. The van der Waals surface area contributed by atoms with Crippen molar-refractivity contribution in [3.05, 3.63) is 81.2 Å². The minimum Gasteiger partial charge on any atom is -0.458 e. The number of pyridine rings is 2. The van der Waals surface area contributed by atoms with Gasteiger partial charge in [0.05, 0.1) is 29.0 Å². The molecule has 0 spiro atoms. The Hall–Kier alpha value is -4.24. The summed E-state index contributed by atoms with van der Waals surface area (Å²) in [5.41, 5.74) is 2.29. The maximum Gasteiger partial charge on any atom is 0.412 e. The molecule has 5 rings (SSSR count). The number of amides is 1. The summed E-state index contributed by atoms with van der Waals surface area (Å²) in [6.45, 7) is 6.69. The number of carbonyl (C=O) groups excluding carboxylic acids is 2. The SMILES string of the molecule is CCCCC/C=C\C/C=C\CCCCCCCCNC(=O)Oc1ccc2nc3c(c(CC)c2c1)Cn1c-3cc2c(c1=O)COC(=O)[C@]2(O)CC. The molecule has 1 aromatic carbocycles. The van der Waals surface area contributed by atoms with Gasteiger partial charge in [0.25, 0.3) is 5.56 Å². The van der Waals surface area contributed by atoms with Gasteiger partial charge >= 0.3 is 12.1 Å². The van der Waals surface area contributed by atoms with Gasteiger partial charge in [0, 0.05) is 23.1 Å². The molecule has 1 amide bonds. The molecule has 0 radical (unpaired) electrons. The molecule has 0 fully saturated rings. The van der Waals surface area contributed by atoms with Crippen LogP contribution in [0.4, 0.5) is 4.79 Å². The molecule has 0 unspecified atom stereocenters.